The second-order valence-electron chi connectivity index (χ2n) is 6.83. The van der Waals surface area contributed by atoms with Gasteiger partial charge in [0.2, 0.25) is 15.5 Å². The van der Waals surface area contributed by atoms with Gasteiger partial charge in [0.1, 0.15) is 16.4 Å². The molecule has 0 bridgehead atoms. The zero-order chi connectivity index (χ0) is 21.9. The molecule has 1 heterocycles. The van der Waals surface area contributed by atoms with E-state index in [1.165, 1.54) is 49.9 Å². The lowest BCUT2D eigenvalue weighted by Gasteiger charge is -2.28. The van der Waals surface area contributed by atoms with Crippen molar-refractivity contribution in [1.29, 1.82) is 0 Å². The summed E-state index contributed by atoms with van der Waals surface area (Å²) in [4.78, 5) is 11.7. The fourth-order valence-electron chi connectivity index (χ4n) is 2.75. The van der Waals surface area contributed by atoms with Crippen molar-refractivity contribution >= 4 is 25.8 Å². The average molecular weight is 446 g/mol. The van der Waals surface area contributed by atoms with Gasteiger partial charge in [-0.05, 0) is 36.8 Å². The summed E-state index contributed by atoms with van der Waals surface area (Å²) in [6.45, 7) is 2.52. The first-order valence-electron chi connectivity index (χ1n) is 8.89. The first kappa shape index (κ1) is 23.1. The highest BCUT2D eigenvalue weighted by Crippen LogP contribution is 2.32. The van der Waals surface area contributed by atoms with Crippen molar-refractivity contribution in [2.24, 2.45) is 0 Å². The predicted octanol–water partition coefficient (Wildman–Crippen LogP) is 1.33. The molecule has 0 unspecified atom stereocenters. The Bertz CT molecular complexity index is 1040. The second kappa shape index (κ2) is 8.66. The maximum atomic E-state index is 13.2. The van der Waals surface area contributed by atoms with E-state index in [1.807, 2.05) is 6.92 Å². The Hall–Kier alpha value is -2.21. The summed E-state index contributed by atoms with van der Waals surface area (Å²) in [5.74, 6) is -1.19. The molecule has 11 heteroatoms. The highest BCUT2D eigenvalue weighted by molar-refractivity contribution is 7.95. The molecular formula is C18H25N2O7S2+. The molecule has 9 nitrogen and oxygen atoms in total. The van der Waals surface area contributed by atoms with Crippen molar-refractivity contribution < 1.29 is 35.5 Å². The van der Waals surface area contributed by atoms with Crippen LogP contribution in [0.4, 0.5) is 0 Å². The molecule has 0 saturated carbocycles. The molecule has 0 saturated heterocycles. The van der Waals surface area contributed by atoms with Crippen molar-refractivity contribution in [3.05, 3.63) is 47.0 Å². The number of benzene rings is 1. The predicted molar refractivity (Wildman–Crippen MR) is 106 cm³/mol. The summed E-state index contributed by atoms with van der Waals surface area (Å²) in [6.07, 6.45) is 4.07. The highest BCUT2D eigenvalue weighted by atomic mass is 32.2. The Kier molecular flexibility index (Phi) is 6.89. The van der Waals surface area contributed by atoms with E-state index in [1.54, 1.807) is 0 Å². The van der Waals surface area contributed by atoms with Crippen LogP contribution in [0.25, 0.3) is 0 Å². The number of rotatable bonds is 7. The topological polar surface area (TPSA) is 127 Å². The molecule has 0 spiro atoms. The largest absolute Gasteiger partial charge is 0.494 e. The van der Waals surface area contributed by atoms with Crippen LogP contribution in [0.15, 0.2) is 51.9 Å². The van der Waals surface area contributed by atoms with E-state index in [9.17, 15) is 21.6 Å². The summed E-state index contributed by atoms with van der Waals surface area (Å²) in [5.41, 5.74) is 0.745. The number of hydroxylamine groups is 1. The molecule has 0 radical (unpaired) electrons. The zero-order valence-electron chi connectivity index (χ0n) is 16.5. The summed E-state index contributed by atoms with van der Waals surface area (Å²) in [5, 5.41) is 9.10. The van der Waals surface area contributed by atoms with E-state index < -0.39 is 46.0 Å². The summed E-state index contributed by atoms with van der Waals surface area (Å²) in [6, 6.07) is 5.63. The number of quaternary nitrogens is 1. The van der Waals surface area contributed by atoms with E-state index in [4.69, 9.17) is 9.94 Å². The number of unbranched alkanes of at least 4 members (excludes halogenated alkanes) is 1. The highest BCUT2D eigenvalue weighted by Gasteiger charge is 2.46. The number of ether oxygens (including phenoxy) is 1. The van der Waals surface area contributed by atoms with Crippen molar-refractivity contribution in [2.45, 2.75) is 24.7 Å². The SMILES string of the molecule is CCCCOc1ccc(S(=O)(=O)C2=C(C(=O)NO)[N+](C)(C)S(=O)(=O)CC=C2)cc1. The molecule has 1 aromatic rings. The Labute approximate surface area is 170 Å². The Morgan fingerprint density at radius 1 is 1.24 bits per heavy atom. The molecule has 160 valence electrons. The van der Waals surface area contributed by atoms with Crippen LogP contribution in [-0.4, -0.2) is 58.3 Å². The molecule has 0 atom stereocenters. The number of carbonyl (C=O) groups is 1. The van der Waals surface area contributed by atoms with Crippen molar-refractivity contribution in [2.75, 3.05) is 26.5 Å². The third kappa shape index (κ3) is 4.53. The third-order valence-corrected chi connectivity index (χ3v) is 8.54. The summed E-state index contributed by atoms with van der Waals surface area (Å²) < 4.78 is 56.0. The quantitative estimate of drug-likeness (QED) is 0.281. The molecule has 1 aliphatic rings. The van der Waals surface area contributed by atoms with Crippen LogP contribution in [0, 0.1) is 0 Å². The van der Waals surface area contributed by atoms with Gasteiger partial charge in [-0.3, -0.25) is 10.0 Å². The lowest BCUT2D eigenvalue weighted by atomic mass is 10.3. The van der Waals surface area contributed by atoms with Gasteiger partial charge in [0.05, 0.1) is 25.6 Å². The van der Waals surface area contributed by atoms with E-state index in [0.717, 1.165) is 18.9 Å². The van der Waals surface area contributed by atoms with Crippen LogP contribution in [0.2, 0.25) is 0 Å². The minimum Gasteiger partial charge on any atom is -0.494 e. The van der Waals surface area contributed by atoms with Gasteiger partial charge in [-0.1, -0.05) is 19.4 Å². The number of nitrogens with one attached hydrogen (secondary N) is 1. The first-order valence-corrected chi connectivity index (χ1v) is 12.0. The Morgan fingerprint density at radius 3 is 2.41 bits per heavy atom. The molecule has 1 aliphatic heterocycles. The van der Waals surface area contributed by atoms with Crippen LogP contribution < -0.4 is 10.2 Å². The summed E-state index contributed by atoms with van der Waals surface area (Å²) in [7, 11) is -5.88. The molecule has 0 aromatic heterocycles. The number of amides is 1. The maximum absolute atomic E-state index is 13.2. The number of nitrogens with zero attached hydrogens (tertiary/aromatic N) is 1. The van der Waals surface area contributed by atoms with Gasteiger partial charge in [-0.15, -0.1) is 0 Å². The number of hydrogen-bond acceptors (Lipinski definition) is 7. The van der Waals surface area contributed by atoms with E-state index in [-0.39, 0.29) is 4.90 Å². The maximum Gasteiger partial charge on any atom is 0.331 e. The van der Waals surface area contributed by atoms with Gasteiger partial charge in [0.25, 0.3) is 0 Å². The van der Waals surface area contributed by atoms with E-state index >= 15 is 0 Å². The fourth-order valence-corrected chi connectivity index (χ4v) is 5.58. The standard InChI is InChI=1S/C18H24N2O7S2/c1-4-5-12-27-14-8-10-15(11-9-14)29(25,26)16-7-6-13-28(23,24)20(2,3)17(16)18(21)19-22/h6-11H,4-5,12-13H2,1-3H3,(H-,19,21,22)/p+1. The molecule has 1 aromatic carbocycles. The molecule has 2 N–H and O–H groups in total. The zero-order valence-corrected chi connectivity index (χ0v) is 18.1. The van der Waals surface area contributed by atoms with Crippen molar-refractivity contribution in [1.82, 2.24) is 5.48 Å². The molecule has 0 fully saturated rings. The minimum absolute atomic E-state index is 0.137. The van der Waals surface area contributed by atoms with Crippen LogP contribution in [0.5, 0.6) is 5.75 Å². The molecule has 1 amide bonds. The Morgan fingerprint density at radius 2 is 1.86 bits per heavy atom. The van der Waals surface area contributed by atoms with Crippen LogP contribution >= 0.6 is 0 Å². The summed E-state index contributed by atoms with van der Waals surface area (Å²) >= 11 is 0. The Balaban J connectivity index is 2.60. The molecule has 29 heavy (non-hydrogen) atoms. The van der Waals surface area contributed by atoms with Crippen LogP contribution in [0.1, 0.15) is 19.8 Å². The normalized spacial score (nSPS) is 18.2. The number of carbonyl (C=O) groups excluding carboxylic acids is 1. The minimum atomic E-state index is -4.27. The number of sulfonamides is 1. The second-order valence-corrected chi connectivity index (χ2v) is 11.2. The lowest BCUT2D eigenvalue weighted by molar-refractivity contribution is -0.714. The van der Waals surface area contributed by atoms with E-state index in [2.05, 4.69) is 0 Å². The number of sulfone groups is 1. The van der Waals surface area contributed by atoms with Crippen molar-refractivity contribution in [3.8, 4) is 5.75 Å². The van der Waals surface area contributed by atoms with Gasteiger partial charge in [0, 0.05) is 0 Å². The van der Waals surface area contributed by atoms with Gasteiger partial charge in [-0.2, -0.15) is 12.3 Å². The number of hydrogen-bond donors (Lipinski definition) is 2. The molecular weight excluding hydrogens is 420 g/mol. The smallest absolute Gasteiger partial charge is 0.331 e. The van der Waals surface area contributed by atoms with Gasteiger partial charge >= 0.3 is 15.9 Å². The number of likely N-dealkylation sites (N-methyl/N-ethyl adjacent to an activating group) is 1. The molecule has 2 rings (SSSR count). The van der Waals surface area contributed by atoms with E-state index in [0.29, 0.717) is 12.4 Å². The van der Waals surface area contributed by atoms with Gasteiger partial charge < -0.3 is 4.74 Å². The first-order chi connectivity index (χ1) is 13.5. The van der Waals surface area contributed by atoms with Crippen LogP contribution in [0.3, 0.4) is 0 Å². The fraction of sp³-hybridized carbons (Fsp3) is 0.389. The number of allylic oxidation sites excluding steroid dienone is 1. The lowest BCUT2D eigenvalue weighted by Crippen LogP contribution is -2.50. The van der Waals surface area contributed by atoms with Gasteiger partial charge in [0.15, 0.2) is 0 Å². The average Bonchev–Trinajstić information content (AvgIpc) is 2.76. The monoisotopic (exact) mass is 445 g/mol. The van der Waals surface area contributed by atoms with Crippen LogP contribution in [-0.2, 0) is 24.7 Å². The molecule has 0 aliphatic carbocycles. The van der Waals surface area contributed by atoms with Crippen molar-refractivity contribution in [3.63, 3.8) is 0 Å². The van der Waals surface area contributed by atoms with Gasteiger partial charge in [-0.25, -0.2) is 13.9 Å². The third-order valence-electron chi connectivity index (χ3n) is 4.55.